The zero-order valence-electron chi connectivity index (χ0n) is 11.9. The van der Waals surface area contributed by atoms with E-state index in [1.807, 2.05) is 25.1 Å². The van der Waals surface area contributed by atoms with E-state index in [4.69, 9.17) is 5.26 Å². The summed E-state index contributed by atoms with van der Waals surface area (Å²) in [6, 6.07) is 14.0. The number of carbonyl (C=O) groups is 1. The van der Waals surface area contributed by atoms with Gasteiger partial charge in [0.15, 0.2) is 0 Å². The van der Waals surface area contributed by atoms with Gasteiger partial charge in [0.25, 0.3) is 0 Å². The summed E-state index contributed by atoms with van der Waals surface area (Å²) in [5.41, 5.74) is 2.57. The van der Waals surface area contributed by atoms with Crippen LogP contribution in [-0.2, 0) is 6.54 Å². The molecule has 0 aliphatic heterocycles. The summed E-state index contributed by atoms with van der Waals surface area (Å²) < 4.78 is 2.84. The Hall–Kier alpha value is -2.41. The quantitative estimate of drug-likeness (QED) is 0.534. The Labute approximate surface area is 133 Å². The fraction of sp³-hybridized carbons (Fsp3) is 0.118. The number of rotatable bonds is 3. The van der Waals surface area contributed by atoms with Crippen molar-refractivity contribution < 1.29 is 4.79 Å². The molecule has 0 fully saturated rings. The average Bonchev–Trinajstić information content (AvgIpc) is 2.88. The van der Waals surface area contributed by atoms with Gasteiger partial charge in [-0.3, -0.25) is 0 Å². The predicted octanol–water partition coefficient (Wildman–Crippen LogP) is 2.18. The molecule has 0 saturated heterocycles. The second kappa shape index (κ2) is 5.76. The topological polar surface area (TPSA) is 62.9 Å². The monoisotopic (exact) mass is 356 g/mol. The van der Waals surface area contributed by atoms with Crippen LogP contribution in [0.15, 0.2) is 47.3 Å². The van der Waals surface area contributed by atoms with E-state index in [-0.39, 0.29) is 24.7 Å². The number of ketones is 1. The maximum atomic E-state index is 12.5. The standard InChI is InChI=1S/C17H12N2O2Se/c1-2-19-14-8-7-13(9-15(14)22-17(19)21)16(20)12-5-3-11(10-18)4-6-12/h3-9H,2H2,1H3. The van der Waals surface area contributed by atoms with Crippen LogP contribution < -0.4 is 4.43 Å². The van der Waals surface area contributed by atoms with Crippen LogP contribution in [0.5, 0.6) is 0 Å². The van der Waals surface area contributed by atoms with Crippen molar-refractivity contribution in [1.82, 2.24) is 4.57 Å². The van der Waals surface area contributed by atoms with E-state index in [0.29, 0.717) is 23.2 Å². The van der Waals surface area contributed by atoms with E-state index in [9.17, 15) is 9.59 Å². The zero-order chi connectivity index (χ0) is 15.7. The summed E-state index contributed by atoms with van der Waals surface area (Å²) in [6.45, 7) is 2.59. The van der Waals surface area contributed by atoms with Crippen LogP contribution in [0.2, 0.25) is 0 Å². The van der Waals surface area contributed by atoms with E-state index >= 15 is 0 Å². The van der Waals surface area contributed by atoms with Crippen LogP contribution in [0, 0.1) is 11.3 Å². The van der Waals surface area contributed by atoms with Gasteiger partial charge in [0.1, 0.15) is 0 Å². The van der Waals surface area contributed by atoms with Crippen LogP contribution in [0.4, 0.5) is 0 Å². The van der Waals surface area contributed by atoms with E-state index in [1.54, 1.807) is 34.9 Å². The third kappa shape index (κ3) is 2.43. The van der Waals surface area contributed by atoms with E-state index in [0.717, 1.165) is 9.78 Å². The van der Waals surface area contributed by atoms with Crippen LogP contribution in [0.25, 0.3) is 9.78 Å². The summed E-state index contributed by atoms with van der Waals surface area (Å²) in [5.74, 6) is -0.0921. The van der Waals surface area contributed by atoms with E-state index in [2.05, 4.69) is 0 Å². The fourth-order valence-electron chi connectivity index (χ4n) is 2.37. The molecule has 0 unspecified atom stereocenters. The van der Waals surface area contributed by atoms with E-state index in [1.165, 1.54) is 0 Å². The van der Waals surface area contributed by atoms with Crippen molar-refractivity contribution >= 4 is 30.1 Å². The maximum absolute atomic E-state index is 12.5. The molecule has 0 spiro atoms. The molecule has 108 valence electrons. The van der Waals surface area contributed by atoms with Gasteiger partial charge in [0, 0.05) is 0 Å². The van der Waals surface area contributed by atoms with Crippen molar-refractivity contribution in [2.24, 2.45) is 0 Å². The van der Waals surface area contributed by atoms with Gasteiger partial charge in [-0.1, -0.05) is 0 Å². The van der Waals surface area contributed by atoms with Crippen molar-refractivity contribution in [2.75, 3.05) is 0 Å². The first-order valence-electron chi connectivity index (χ1n) is 6.82. The van der Waals surface area contributed by atoms with Crippen LogP contribution in [0.1, 0.15) is 28.4 Å². The molecule has 5 heteroatoms. The first kappa shape index (κ1) is 14.5. The number of fused-ring (bicyclic) bond motifs is 1. The number of nitriles is 1. The minimum absolute atomic E-state index is 0.0921. The number of hydrogen-bond donors (Lipinski definition) is 0. The molecular formula is C17H12N2O2Se. The normalized spacial score (nSPS) is 10.5. The Kier molecular flexibility index (Phi) is 3.80. The molecule has 0 amide bonds. The molecule has 2 aromatic carbocycles. The first-order valence-corrected chi connectivity index (χ1v) is 8.53. The van der Waals surface area contributed by atoms with Crippen molar-refractivity contribution in [1.29, 1.82) is 5.26 Å². The summed E-state index contributed by atoms with van der Waals surface area (Å²) in [7, 11) is 0. The van der Waals surface area contributed by atoms with Gasteiger partial charge in [-0.25, -0.2) is 0 Å². The average molecular weight is 355 g/mol. The van der Waals surface area contributed by atoms with Crippen LogP contribution >= 0.6 is 0 Å². The summed E-state index contributed by atoms with van der Waals surface area (Å²) in [5, 5.41) is 8.79. The number of aromatic nitrogens is 1. The Morgan fingerprint density at radius 3 is 2.50 bits per heavy atom. The van der Waals surface area contributed by atoms with Gasteiger partial charge in [0.2, 0.25) is 0 Å². The van der Waals surface area contributed by atoms with Crippen molar-refractivity contribution in [3.63, 3.8) is 0 Å². The summed E-state index contributed by atoms with van der Waals surface area (Å²) in [6.07, 6.45) is 0. The van der Waals surface area contributed by atoms with Crippen molar-refractivity contribution in [3.05, 3.63) is 68.4 Å². The summed E-state index contributed by atoms with van der Waals surface area (Å²) in [4.78, 5) is 24.4. The molecule has 1 heterocycles. The number of aryl methyl sites for hydroxylation is 1. The van der Waals surface area contributed by atoms with Crippen LogP contribution in [0.3, 0.4) is 0 Å². The number of nitrogens with zero attached hydrogens (tertiary/aromatic N) is 2. The molecule has 1 aromatic heterocycles. The number of hydrogen-bond acceptors (Lipinski definition) is 3. The minimum atomic E-state index is -0.258. The van der Waals surface area contributed by atoms with Gasteiger partial charge in [-0.2, -0.15) is 0 Å². The molecule has 0 atom stereocenters. The molecule has 0 radical (unpaired) electrons. The molecular weight excluding hydrogens is 343 g/mol. The van der Waals surface area contributed by atoms with Crippen LogP contribution in [-0.4, -0.2) is 24.9 Å². The third-order valence-electron chi connectivity index (χ3n) is 3.52. The Morgan fingerprint density at radius 2 is 1.86 bits per heavy atom. The molecule has 22 heavy (non-hydrogen) atoms. The molecule has 0 bridgehead atoms. The second-order valence-corrected chi connectivity index (χ2v) is 6.90. The van der Waals surface area contributed by atoms with Gasteiger partial charge in [-0.05, 0) is 0 Å². The first-order chi connectivity index (χ1) is 10.6. The number of benzene rings is 2. The molecule has 4 nitrogen and oxygen atoms in total. The SMILES string of the molecule is CCn1c(=O)[se]c2cc(C(=O)c3ccc(C#N)cc3)ccc21. The van der Waals surface area contributed by atoms with Gasteiger partial charge < -0.3 is 0 Å². The molecule has 0 aliphatic rings. The predicted molar refractivity (Wildman–Crippen MR) is 85.4 cm³/mol. The Bertz CT molecular complexity index is 959. The van der Waals surface area contributed by atoms with Crippen molar-refractivity contribution in [3.8, 4) is 6.07 Å². The van der Waals surface area contributed by atoms with Crippen molar-refractivity contribution in [2.45, 2.75) is 13.5 Å². The Balaban J connectivity index is 2.04. The molecule has 0 aliphatic carbocycles. The third-order valence-corrected chi connectivity index (χ3v) is 5.50. The molecule has 0 N–H and O–H groups in total. The summed E-state index contributed by atoms with van der Waals surface area (Å²) >= 11 is -0.258. The Morgan fingerprint density at radius 1 is 1.18 bits per heavy atom. The molecule has 3 rings (SSSR count). The van der Waals surface area contributed by atoms with E-state index < -0.39 is 0 Å². The molecule has 0 saturated carbocycles. The number of carbonyl (C=O) groups excluding carboxylic acids is 1. The molecule has 3 aromatic rings. The second-order valence-electron chi connectivity index (χ2n) is 4.81. The van der Waals surface area contributed by atoms with Gasteiger partial charge in [-0.15, -0.1) is 0 Å². The zero-order valence-corrected chi connectivity index (χ0v) is 13.6. The fourth-order valence-corrected chi connectivity index (χ4v) is 4.46. The van der Waals surface area contributed by atoms with Gasteiger partial charge in [0.05, 0.1) is 0 Å². The van der Waals surface area contributed by atoms with Gasteiger partial charge >= 0.3 is 133 Å².